The molecule has 1 aliphatic rings. The van der Waals surface area contributed by atoms with Crippen LogP contribution in [0.15, 0.2) is 12.2 Å². The molecule has 0 bridgehead atoms. The van der Waals surface area contributed by atoms with E-state index in [0.29, 0.717) is 0 Å². The molecule has 1 fully saturated rings. The Balaban J connectivity index is 2.97. The van der Waals surface area contributed by atoms with Crippen LogP contribution in [0.3, 0.4) is 0 Å². The zero-order valence-corrected chi connectivity index (χ0v) is 14.3. The lowest BCUT2D eigenvalue weighted by Crippen LogP contribution is -2.75. The highest BCUT2D eigenvalue weighted by atomic mass is 16.6. The van der Waals surface area contributed by atoms with E-state index in [9.17, 15) is 24.3 Å². The summed E-state index contributed by atoms with van der Waals surface area (Å²) in [6, 6.07) is -2.58. The van der Waals surface area contributed by atoms with Crippen LogP contribution in [0.1, 0.15) is 34.6 Å². The number of carboxylic acid groups (broad SMARTS) is 1. The molecule has 2 amide bonds. The van der Waals surface area contributed by atoms with Crippen LogP contribution in [-0.4, -0.2) is 57.9 Å². The minimum absolute atomic E-state index is 0.184. The zero-order valence-electron chi connectivity index (χ0n) is 14.3. The summed E-state index contributed by atoms with van der Waals surface area (Å²) >= 11 is 0. The lowest BCUT2D eigenvalue weighted by Gasteiger charge is -2.48. The molecule has 9 nitrogen and oxygen atoms in total. The van der Waals surface area contributed by atoms with Crippen molar-refractivity contribution in [2.75, 3.05) is 0 Å². The number of likely N-dealkylation sites (tertiary alicyclic amines) is 1. The van der Waals surface area contributed by atoms with Crippen LogP contribution >= 0.6 is 0 Å². The van der Waals surface area contributed by atoms with Gasteiger partial charge in [-0.25, -0.2) is 9.59 Å². The Hall–Kier alpha value is -2.58. The van der Waals surface area contributed by atoms with Crippen molar-refractivity contribution in [1.29, 1.82) is 0 Å². The summed E-state index contributed by atoms with van der Waals surface area (Å²) in [5.41, 5.74) is -0.599. The Morgan fingerprint density at radius 3 is 2.21 bits per heavy atom. The first-order chi connectivity index (χ1) is 10.8. The van der Waals surface area contributed by atoms with E-state index >= 15 is 0 Å². The van der Waals surface area contributed by atoms with Gasteiger partial charge in [0.1, 0.15) is 5.60 Å². The van der Waals surface area contributed by atoms with Crippen molar-refractivity contribution in [2.45, 2.75) is 58.5 Å². The zero-order chi connectivity index (χ0) is 18.8. The number of nitrogens with zero attached hydrogens (tertiary/aromatic N) is 1. The molecule has 1 rings (SSSR count). The third kappa shape index (κ3) is 4.46. The average molecular weight is 342 g/mol. The van der Waals surface area contributed by atoms with Crippen LogP contribution in [0.2, 0.25) is 0 Å². The average Bonchev–Trinajstić information content (AvgIpc) is 2.37. The molecule has 1 aliphatic heterocycles. The highest BCUT2D eigenvalue weighted by Gasteiger charge is 2.55. The van der Waals surface area contributed by atoms with Gasteiger partial charge in [-0.05, 0) is 33.3 Å². The quantitative estimate of drug-likeness (QED) is 0.427. The second kappa shape index (κ2) is 6.90. The lowest BCUT2D eigenvalue weighted by atomic mass is 9.97. The molecule has 3 atom stereocenters. The number of rotatable bonds is 5. The number of alkyl carbamates (subject to hydrolysis) is 1. The van der Waals surface area contributed by atoms with Crippen LogP contribution in [0.4, 0.5) is 4.79 Å². The first-order valence-electron chi connectivity index (χ1n) is 7.22. The maximum atomic E-state index is 12.3. The van der Waals surface area contributed by atoms with Crippen molar-refractivity contribution in [3.05, 3.63) is 12.2 Å². The number of nitrogens with one attached hydrogen (secondary N) is 1. The molecular weight excluding hydrogens is 320 g/mol. The Kier molecular flexibility index (Phi) is 5.59. The molecule has 9 heteroatoms. The first kappa shape index (κ1) is 19.5. The van der Waals surface area contributed by atoms with Crippen molar-refractivity contribution in [3.8, 4) is 0 Å². The van der Waals surface area contributed by atoms with Gasteiger partial charge in [-0.2, -0.15) is 0 Å². The van der Waals surface area contributed by atoms with Gasteiger partial charge < -0.3 is 19.9 Å². The van der Waals surface area contributed by atoms with Crippen molar-refractivity contribution < 1.29 is 33.8 Å². The highest BCUT2D eigenvalue weighted by molar-refractivity contribution is 5.96. The molecule has 0 aromatic rings. The summed E-state index contributed by atoms with van der Waals surface area (Å²) in [6.45, 7) is 11.0. The Morgan fingerprint density at radius 1 is 1.29 bits per heavy atom. The normalized spacial score (nSPS) is 21.4. The second-order valence-electron chi connectivity index (χ2n) is 6.46. The maximum Gasteiger partial charge on any atom is 0.408 e. The molecule has 2 N–H and O–H groups in total. The third-order valence-corrected chi connectivity index (χ3v) is 3.02. The van der Waals surface area contributed by atoms with Gasteiger partial charge in [0, 0.05) is 6.92 Å². The van der Waals surface area contributed by atoms with Crippen LogP contribution in [0.25, 0.3) is 0 Å². The van der Waals surface area contributed by atoms with Gasteiger partial charge in [-0.15, -0.1) is 0 Å². The van der Waals surface area contributed by atoms with Gasteiger partial charge in [0.15, 0.2) is 12.1 Å². The summed E-state index contributed by atoms with van der Waals surface area (Å²) in [5.74, 6) is -2.74. The van der Waals surface area contributed by atoms with E-state index in [4.69, 9.17) is 9.47 Å². The summed E-state index contributed by atoms with van der Waals surface area (Å²) in [5, 5.41) is 11.6. The van der Waals surface area contributed by atoms with Crippen LogP contribution < -0.4 is 5.32 Å². The summed E-state index contributed by atoms with van der Waals surface area (Å²) < 4.78 is 10.0. The summed E-state index contributed by atoms with van der Waals surface area (Å²) in [6.07, 6.45) is -2.12. The Labute approximate surface area is 139 Å². The third-order valence-electron chi connectivity index (χ3n) is 3.02. The predicted molar refractivity (Wildman–Crippen MR) is 81.8 cm³/mol. The van der Waals surface area contributed by atoms with E-state index in [0.717, 1.165) is 11.8 Å². The van der Waals surface area contributed by atoms with Crippen LogP contribution in [-0.2, 0) is 23.9 Å². The lowest BCUT2D eigenvalue weighted by molar-refractivity contribution is -0.197. The van der Waals surface area contributed by atoms with Gasteiger partial charge in [-0.1, -0.05) is 6.58 Å². The number of esters is 1. The predicted octanol–water partition coefficient (Wildman–Crippen LogP) is 0.640. The molecule has 24 heavy (non-hydrogen) atoms. The fourth-order valence-electron chi connectivity index (χ4n) is 2.19. The number of aliphatic carboxylic acids is 1. The maximum absolute atomic E-state index is 12.3. The molecule has 0 aromatic carbocycles. The van der Waals surface area contributed by atoms with Crippen molar-refractivity contribution in [3.63, 3.8) is 0 Å². The fourth-order valence-corrected chi connectivity index (χ4v) is 2.19. The smallest absolute Gasteiger partial charge is 0.408 e. The SMILES string of the molecule is C=C(C)C(C(=O)O)N1C(=O)[C@@H](NC(=O)OC(C)(C)C)[C@@H]1OC(C)=O. The van der Waals surface area contributed by atoms with Crippen molar-refractivity contribution >= 4 is 23.9 Å². The molecule has 1 heterocycles. The van der Waals surface area contributed by atoms with E-state index in [1.165, 1.54) is 6.92 Å². The first-order valence-corrected chi connectivity index (χ1v) is 7.22. The molecule has 1 saturated heterocycles. The topological polar surface area (TPSA) is 122 Å². The van der Waals surface area contributed by atoms with E-state index in [1.807, 2.05) is 0 Å². The van der Waals surface area contributed by atoms with Crippen LogP contribution in [0, 0.1) is 0 Å². The fraction of sp³-hybridized carbons (Fsp3) is 0.600. The minimum atomic E-state index is -1.36. The number of hydrogen-bond donors (Lipinski definition) is 2. The minimum Gasteiger partial charge on any atom is -0.479 e. The molecule has 0 aromatic heterocycles. The van der Waals surface area contributed by atoms with E-state index in [2.05, 4.69) is 11.9 Å². The number of hydrogen-bond acceptors (Lipinski definition) is 6. The molecule has 0 aliphatic carbocycles. The van der Waals surface area contributed by atoms with E-state index < -0.39 is 47.9 Å². The molecule has 1 unspecified atom stereocenters. The molecule has 0 radical (unpaired) electrons. The summed E-state index contributed by atoms with van der Waals surface area (Å²) in [4.78, 5) is 47.5. The standard InChI is InChI=1S/C15H22N2O7/c1-7(2)10(13(20)21)17-11(19)9(12(17)23-8(3)18)16-14(22)24-15(4,5)6/h9-10,12H,1H2,2-6H3,(H,16,22)(H,20,21)/t9-,10?,12+/m1/s1. The van der Waals surface area contributed by atoms with Gasteiger partial charge in [-0.3, -0.25) is 14.5 Å². The van der Waals surface area contributed by atoms with Crippen molar-refractivity contribution in [2.24, 2.45) is 0 Å². The Morgan fingerprint density at radius 2 is 1.83 bits per heavy atom. The molecular formula is C15H22N2O7. The van der Waals surface area contributed by atoms with E-state index in [-0.39, 0.29) is 5.57 Å². The monoisotopic (exact) mass is 342 g/mol. The Bertz CT molecular complexity index is 565. The van der Waals surface area contributed by atoms with Gasteiger partial charge in [0.2, 0.25) is 6.23 Å². The van der Waals surface area contributed by atoms with E-state index in [1.54, 1.807) is 20.8 Å². The van der Waals surface area contributed by atoms with Crippen LogP contribution in [0.5, 0.6) is 0 Å². The van der Waals surface area contributed by atoms with Gasteiger partial charge >= 0.3 is 18.0 Å². The van der Waals surface area contributed by atoms with Crippen molar-refractivity contribution in [1.82, 2.24) is 10.2 Å². The molecule has 0 saturated carbocycles. The number of amides is 2. The molecule has 0 spiro atoms. The largest absolute Gasteiger partial charge is 0.479 e. The molecule has 134 valence electrons. The number of carbonyl (C=O) groups excluding carboxylic acids is 3. The number of β-lactam (4-membered cyclic amide) rings is 1. The van der Waals surface area contributed by atoms with Gasteiger partial charge in [0.05, 0.1) is 0 Å². The van der Waals surface area contributed by atoms with Gasteiger partial charge in [0.25, 0.3) is 5.91 Å². The summed E-state index contributed by atoms with van der Waals surface area (Å²) in [7, 11) is 0. The number of carbonyl (C=O) groups is 4. The number of carboxylic acids is 1. The second-order valence-corrected chi connectivity index (χ2v) is 6.46. The highest BCUT2D eigenvalue weighted by Crippen LogP contribution is 2.28. The number of ether oxygens (including phenoxy) is 2.